The second-order valence-electron chi connectivity index (χ2n) is 5.57. The number of aryl methyl sites for hydroxylation is 2. The molecule has 0 radical (unpaired) electrons. The molecule has 114 valence electrons. The molecule has 2 aromatic rings. The van der Waals surface area contributed by atoms with Crippen LogP contribution in [0.2, 0.25) is 0 Å². The van der Waals surface area contributed by atoms with Gasteiger partial charge in [0.05, 0.1) is 6.04 Å². The molecule has 0 aliphatic heterocycles. The maximum absolute atomic E-state index is 12.0. The van der Waals surface area contributed by atoms with Crippen molar-refractivity contribution in [2.24, 2.45) is 0 Å². The molecule has 2 rings (SSSR count). The second-order valence-corrected chi connectivity index (χ2v) is 5.57. The summed E-state index contributed by atoms with van der Waals surface area (Å²) >= 11 is 0. The summed E-state index contributed by atoms with van der Waals surface area (Å²) in [4.78, 5) is 12.0. The number of hydrogen-bond donors (Lipinski definition) is 1. The Kier molecular flexibility index (Phi) is 5.54. The monoisotopic (exact) mass is 293 g/mol. The van der Waals surface area contributed by atoms with E-state index in [4.69, 9.17) is 0 Å². The number of hydrogen-bond acceptors (Lipinski definition) is 1. The molecule has 2 nitrogen and oxygen atoms in total. The number of rotatable bonds is 5. The van der Waals surface area contributed by atoms with Crippen LogP contribution < -0.4 is 5.32 Å². The Balaban J connectivity index is 1.94. The standard InChI is InChI=1S/C20H23NO/c1-4-17-9-12-19(13-10-17)16(3)21-20(22)14-11-18-7-5-15(2)6-8-18/h5-14,16H,4H2,1-3H3,(H,21,22)/b14-11+/t16-/m1/s1. The van der Waals surface area contributed by atoms with E-state index in [2.05, 4.69) is 36.5 Å². The van der Waals surface area contributed by atoms with E-state index in [0.29, 0.717) is 0 Å². The Labute approximate surface area is 132 Å². The SMILES string of the molecule is CCc1ccc([C@@H](C)NC(=O)/C=C/c2ccc(C)cc2)cc1. The fourth-order valence-electron chi connectivity index (χ4n) is 2.24. The second kappa shape index (κ2) is 7.60. The molecule has 1 N–H and O–H groups in total. The topological polar surface area (TPSA) is 29.1 Å². The van der Waals surface area contributed by atoms with E-state index in [9.17, 15) is 4.79 Å². The van der Waals surface area contributed by atoms with Gasteiger partial charge in [0.1, 0.15) is 0 Å². The van der Waals surface area contributed by atoms with E-state index in [-0.39, 0.29) is 11.9 Å². The summed E-state index contributed by atoms with van der Waals surface area (Å²) in [5.41, 5.74) is 4.67. The minimum Gasteiger partial charge on any atom is -0.346 e. The predicted octanol–water partition coefficient (Wildman–Crippen LogP) is 4.45. The highest BCUT2D eigenvalue weighted by Gasteiger charge is 2.07. The first-order valence-electron chi connectivity index (χ1n) is 7.72. The van der Waals surface area contributed by atoms with Crippen molar-refractivity contribution >= 4 is 12.0 Å². The third-order valence-electron chi connectivity index (χ3n) is 3.75. The average molecular weight is 293 g/mol. The smallest absolute Gasteiger partial charge is 0.244 e. The van der Waals surface area contributed by atoms with Gasteiger partial charge in [-0.05, 0) is 43.0 Å². The predicted molar refractivity (Wildman–Crippen MR) is 92.6 cm³/mol. The first-order chi connectivity index (χ1) is 10.6. The molecule has 0 spiro atoms. The van der Waals surface area contributed by atoms with Crippen LogP contribution in [0.5, 0.6) is 0 Å². The van der Waals surface area contributed by atoms with Crippen LogP contribution in [0.4, 0.5) is 0 Å². The van der Waals surface area contributed by atoms with Gasteiger partial charge in [-0.15, -0.1) is 0 Å². The van der Waals surface area contributed by atoms with Crippen molar-refractivity contribution in [2.45, 2.75) is 33.2 Å². The molecule has 0 saturated carbocycles. The fraction of sp³-hybridized carbons (Fsp3) is 0.250. The highest BCUT2D eigenvalue weighted by Crippen LogP contribution is 2.14. The van der Waals surface area contributed by atoms with Crippen molar-refractivity contribution in [2.75, 3.05) is 0 Å². The first kappa shape index (κ1) is 16.0. The normalized spacial score (nSPS) is 12.3. The zero-order valence-electron chi connectivity index (χ0n) is 13.5. The summed E-state index contributed by atoms with van der Waals surface area (Å²) < 4.78 is 0. The molecular formula is C20H23NO. The maximum Gasteiger partial charge on any atom is 0.244 e. The van der Waals surface area contributed by atoms with Crippen LogP contribution in [-0.4, -0.2) is 5.91 Å². The van der Waals surface area contributed by atoms with Crippen molar-refractivity contribution in [1.82, 2.24) is 5.32 Å². The molecule has 0 unspecified atom stereocenters. The third-order valence-corrected chi connectivity index (χ3v) is 3.75. The van der Waals surface area contributed by atoms with Gasteiger partial charge in [0.25, 0.3) is 0 Å². The van der Waals surface area contributed by atoms with Crippen molar-refractivity contribution in [1.29, 1.82) is 0 Å². The summed E-state index contributed by atoms with van der Waals surface area (Å²) in [6.07, 6.45) is 4.45. The molecule has 0 fully saturated rings. The number of benzene rings is 2. The Morgan fingerprint density at radius 1 is 1.09 bits per heavy atom. The molecule has 0 aliphatic rings. The average Bonchev–Trinajstić information content (AvgIpc) is 2.54. The summed E-state index contributed by atoms with van der Waals surface area (Å²) in [7, 11) is 0. The van der Waals surface area contributed by atoms with Gasteiger partial charge >= 0.3 is 0 Å². The van der Waals surface area contributed by atoms with E-state index < -0.39 is 0 Å². The minimum absolute atomic E-state index is 0.000994. The largest absolute Gasteiger partial charge is 0.346 e. The van der Waals surface area contributed by atoms with Crippen LogP contribution in [0, 0.1) is 6.92 Å². The van der Waals surface area contributed by atoms with E-state index in [1.165, 1.54) is 11.1 Å². The lowest BCUT2D eigenvalue weighted by atomic mass is 10.0. The number of nitrogens with one attached hydrogen (secondary N) is 1. The van der Waals surface area contributed by atoms with Gasteiger partial charge in [0, 0.05) is 6.08 Å². The van der Waals surface area contributed by atoms with Gasteiger partial charge in [0.15, 0.2) is 0 Å². The molecule has 2 aromatic carbocycles. The number of carbonyl (C=O) groups excluding carboxylic acids is 1. The summed E-state index contributed by atoms with van der Waals surface area (Å²) in [5, 5.41) is 2.99. The molecule has 0 bridgehead atoms. The van der Waals surface area contributed by atoms with Gasteiger partial charge in [-0.3, -0.25) is 4.79 Å². The van der Waals surface area contributed by atoms with E-state index >= 15 is 0 Å². The van der Waals surface area contributed by atoms with Crippen LogP contribution >= 0.6 is 0 Å². The Morgan fingerprint density at radius 3 is 2.32 bits per heavy atom. The van der Waals surface area contributed by atoms with Crippen LogP contribution in [0.1, 0.15) is 42.1 Å². The third kappa shape index (κ3) is 4.59. The van der Waals surface area contributed by atoms with E-state index in [1.54, 1.807) is 6.08 Å². The Hall–Kier alpha value is -2.35. The zero-order valence-corrected chi connectivity index (χ0v) is 13.5. The Bertz CT molecular complexity index is 638. The van der Waals surface area contributed by atoms with Crippen LogP contribution in [0.15, 0.2) is 54.6 Å². The van der Waals surface area contributed by atoms with Gasteiger partial charge in [-0.2, -0.15) is 0 Å². The van der Waals surface area contributed by atoms with Crippen LogP contribution in [-0.2, 0) is 11.2 Å². The molecule has 0 aliphatic carbocycles. The lowest BCUT2D eigenvalue weighted by molar-refractivity contribution is -0.117. The molecule has 22 heavy (non-hydrogen) atoms. The lowest BCUT2D eigenvalue weighted by Gasteiger charge is -2.13. The molecule has 0 aromatic heterocycles. The molecule has 1 atom stereocenters. The van der Waals surface area contributed by atoms with Crippen LogP contribution in [0.25, 0.3) is 6.08 Å². The van der Waals surface area contributed by atoms with Crippen molar-refractivity contribution < 1.29 is 4.79 Å². The molecule has 0 saturated heterocycles. The zero-order chi connectivity index (χ0) is 15.9. The van der Waals surface area contributed by atoms with Crippen molar-refractivity contribution in [3.8, 4) is 0 Å². The van der Waals surface area contributed by atoms with Crippen LogP contribution in [0.3, 0.4) is 0 Å². The summed E-state index contributed by atoms with van der Waals surface area (Å²) in [6.45, 7) is 6.18. The van der Waals surface area contributed by atoms with Gasteiger partial charge < -0.3 is 5.32 Å². The lowest BCUT2D eigenvalue weighted by Crippen LogP contribution is -2.24. The Morgan fingerprint density at radius 2 is 1.73 bits per heavy atom. The molecule has 2 heteroatoms. The highest BCUT2D eigenvalue weighted by molar-refractivity contribution is 5.91. The van der Waals surface area contributed by atoms with Gasteiger partial charge in [0.2, 0.25) is 5.91 Å². The van der Waals surface area contributed by atoms with Crippen molar-refractivity contribution in [3.63, 3.8) is 0 Å². The first-order valence-corrected chi connectivity index (χ1v) is 7.72. The molecule has 0 heterocycles. The summed E-state index contributed by atoms with van der Waals surface area (Å²) in [5.74, 6) is -0.0763. The quantitative estimate of drug-likeness (QED) is 0.811. The number of carbonyl (C=O) groups is 1. The van der Waals surface area contributed by atoms with E-state index in [1.807, 2.05) is 44.2 Å². The van der Waals surface area contributed by atoms with Gasteiger partial charge in [-0.25, -0.2) is 0 Å². The van der Waals surface area contributed by atoms with Crippen molar-refractivity contribution in [3.05, 3.63) is 76.9 Å². The highest BCUT2D eigenvalue weighted by atomic mass is 16.1. The minimum atomic E-state index is -0.0763. The molecular weight excluding hydrogens is 270 g/mol. The summed E-state index contributed by atoms with van der Waals surface area (Å²) in [6, 6.07) is 16.5. The maximum atomic E-state index is 12.0. The fourth-order valence-corrected chi connectivity index (χ4v) is 2.24. The van der Waals surface area contributed by atoms with E-state index in [0.717, 1.165) is 17.5 Å². The number of amides is 1. The van der Waals surface area contributed by atoms with Gasteiger partial charge in [-0.1, -0.05) is 61.0 Å². The molecule has 1 amide bonds.